The first-order valence-electron chi connectivity index (χ1n) is 11.3. The normalized spacial score (nSPS) is 22.6. The van der Waals surface area contributed by atoms with Gasteiger partial charge in [0, 0.05) is 54.8 Å². The molecule has 3 N–H and O–H groups in total. The molecule has 2 aromatic heterocycles. The molecule has 2 aromatic rings. The van der Waals surface area contributed by atoms with Gasteiger partial charge in [0.1, 0.15) is 5.82 Å². The van der Waals surface area contributed by atoms with E-state index >= 15 is 0 Å². The van der Waals surface area contributed by atoms with Gasteiger partial charge in [-0.1, -0.05) is 19.6 Å². The van der Waals surface area contributed by atoms with Crippen LogP contribution < -0.4 is 5.73 Å². The number of imidazole rings is 1. The quantitative estimate of drug-likeness (QED) is 0.626. The molecule has 6 nitrogen and oxygen atoms in total. The Balaban J connectivity index is 1.37. The molecule has 32 heavy (non-hydrogen) atoms. The Morgan fingerprint density at radius 3 is 2.72 bits per heavy atom. The van der Waals surface area contributed by atoms with E-state index < -0.39 is 23.4 Å². The number of rotatable bonds is 7. The number of likely N-dealkylation sites (tertiary alicyclic amines) is 1. The van der Waals surface area contributed by atoms with Crippen LogP contribution in [-0.2, 0) is 12.0 Å². The van der Waals surface area contributed by atoms with Gasteiger partial charge in [-0.2, -0.15) is 18.3 Å². The summed E-state index contributed by atoms with van der Waals surface area (Å²) in [4.78, 5) is 10.3. The number of alkyl halides is 3. The molecule has 1 saturated carbocycles. The van der Waals surface area contributed by atoms with E-state index in [9.17, 15) is 13.2 Å². The van der Waals surface area contributed by atoms with Crippen molar-refractivity contribution in [2.45, 2.75) is 62.7 Å². The molecular weight excluding hydrogens is 417 g/mol. The van der Waals surface area contributed by atoms with Crippen molar-refractivity contribution in [1.29, 1.82) is 0 Å². The van der Waals surface area contributed by atoms with Crippen molar-refractivity contribution in [3.8, 4) is 0 Å². The van der Waals surface area contributed by atoms with Crippen LogP contribution in [0.25, 0.3) is 0 Å². The predicted molar refractivity (Wildman–Crippen MR) is 115 cm³/mol. The molecule has 2 unspecified atom stereocenters. The van der Waals surface area contributed by atoms with E-state index in [0.717, 1.165) is 37.6 Å². The van der Waals surface area contributed by atoms with Crippen molar-refractivity contribution >= 4 is 0 Å². The molecule has 5 rings (SSSR count). The highest BCUT2D eigenvalue weighted by Gasteiger charge is 2.54. The molecule has 0 radical (unpaired) electrons. The van der Waals surface area contributed by atoms with Gasteiger partial charge in [-0.3, -0.25) is 9.58 Å². The Morgan fingerprint density at radius 2 is 2.16 bits per heavy atom. The number of fused-ring (bicyclic) bond motifs is 2. The molecule has 4 heterocycles. The zero-order valence-corrected chi connectivity index (χ0v) is 18.2. The van der Waals surface area contributed by atoms with E-state index in [1.54, 1.807) is 6.20 Å². The Hall–Kier alpha value is -2.55. The molecule has 0 amide bonds. The molecule has 0 aromatic carbocycles. The van der Waals surface area contributed by atoms with E-state index in [2.05, 4.69) is 21.4 Å². The number of halogens is 3. The van der Waals surface area contributed by atoms with Crippen LogP contribution in [-0.4, -0.2) is 43.9 Å². The lowest BCUT2D eigenvalue weighted by Crippen LogP contribution is -2.59. The fourth-order valence-corrected chi connectivity index (χ4v) is 5.45. The number of allylic oxidation sites excluding steroid dienone is 2. The lowest BCUT2D eigenvalue weighted by Gasteiger charge is -2.51. The van der Waals surface area contributed by atoms with Crippen molar-refractivity contribution in [1.82, 2.24) is 24.6 Å². The van der Waals surface area contributed by atoms with Gasteiger partial charge in [-0.25, -0.2) is 4.98 Å². The van der Waals surface area contributed by atoms with E-state index in [-0.39, 0.29) is 5.41 Å². The summed E-state index contributed by atoms with van der Waals surface area (Å²) in [6, 6.07) is 2.34. The number of nitrogens with one attached hydrogen (secondary N) is 1. The average Bonchev–Trinajstić information content (AvgIpc) is 3.09. The van der Waals surface area contributed by atoms with Crippen LogP contribution in [0.15, 0.2) is 42.4 Å². The summed E-state index contributed by atoms with van der Waals surface area (Å²) in [6.07, 6.45) is 4.32. The summed E-state index contributed by atoms with van der Waals surface area (Å²) in [7, 11) is 0. The van der Waals surface area contributed by atoms with Gasteiger partial charge in [-0.15, -0.1) is 0 Å². The van der Waals surface area contributed by atoms with Crippen LogP contribution in [0.3, 0.4) is 0 Å². The number of hydrogen-bond donors (Lipinski definition) is 2. The minimum atomic E-state index is -4.53. The minimum Gasteiger partial charge on any atom is -0.399 e. The molecule has 1 spiro atoms. The highest BCUT2D eigenvalue weighted by atomic mass is 19.4. The van der Waals surface area contributed by atoms with Crippen LogP contribution in [0, 0.1) is 5.92 Å². The van der Waals surface area contributed by atoms with Gasteiger partial charge in [0.15, 0.2) is 0 Å². The third kappa shape index (κ3) is 3.56. The lowest BCUT2D eigenvalue weighted by atomic mass is 9.74. The molecule has 2 aliphatic heterocycles. The van der Waals surface area contributed by atoms with Crippen LogP contribution in [0.5, 0.6) is 0 Å². The van der Waals surface area contributed by atoms with Gasteiger partial charge in [0.2, 0.25) is 0 Å². The fourth-order valence-electron chi connectivity index (χ4n) is 5.45. The van der Waals surface area contributed by atoms with E-state index in [1.807, 2.05) is 23.9 Å². The fraction of sp³-hybridized carbons (Fsp3) is 0.565. The summed E-state index contributed by atoms with van der Waals surface area (Å²) in [6.45, 7) is 7.84. The number of nitrogens with two attached hydrogens (primary N) is 1. The molecule has 1 saturated heterocycles. The second kappa shape index (κ2) is 7.50. The van der Waals surface area contributed by atoms with Crippen molar-refractivity contribution in [2.24, 2.45) is 11.7 Å². The van der Waals surface area contributed by atoms with Gasteiger partial charge in [-0.05, 0) is 37.7 Å². The Labute approximate surface area is 185 Å². The maximum Gasteiger partial charge on any atom is 0.418 e. The highest BCUT2D eigenvalue weighted by molar-refractivity contribution is 5.36. The molecular formula is C23H29F3N6. The first-order valence-corrected chi connectivity index (χ1v) is 11.3. The first kappa shape index (κ1) is 21.3. The number of H-pyrrole nitrogens is 1. The summed E-state index contributed by atoms with van der Waals surface area (Å²) >= 11 is 0. The summed E-state index contributed by atoms with van der Waals surface area (Å²) in [5.41, 5.74) is 5.96. The summed E-state index contributed by atoms with van der Waals surface area (Å²) in [5, 5.41) is 4.70. The standard InChI is InChI=1S/C23H29F3N6/c1-3-15(10-17(14(2)27)23(24,25)26)18-11-19-22(6-9-32(19)30-18)12-31(13-22)20(16-4-5-16)21-28-7-8-29-21/h7-8,10-11,15-16,20H,2-6,9,12-13,27H2,1H3,(H,28,29)/b17-10+. The van der Waals surface area contributed by atoms with Crippen LogP contribution in [0.4, 0.5) is 13.2 Å². The predicted octanol–water partition coefficient (Wildman–Crippen LogP) is 4.17. The molecule has 9 heteroatoms. The zero-order chi connectivity index (χ0) is 22.7. The SMILES string of the molecule is C=C(N)/C(=C\C(CC)c1cc2n(n1)CCC21CN(C(c2ncc[nH]2)C2CC2)C1)C(F)(F)F. The number of aryl methyl sites for hydroxylation is 1. The minimum absolute atomic E-state index is 0.0251. The van der Waals surface area contributed by atoms with Crippen molar-refractivity contribution in [3.63, 3.8) is 0 Å². The number of hydrogen-bond acceptors (Lipinski definition) is 4. The third-order valence-electron chi connectivity index (χ3n) is 7.26. The lowest BCUT2D eigenvalue weighted by molar-refractivity contribution is -0.0897. The summed E-state index contributed by atoms with van der Waals surface area (Å²) < 4.78 is 42.2. The molecule has 0 bridgehead atoms. The Bertz CT molecular complexity index is 1020. The van der Waals surface area contributed by atoms with E-state index in [0.29, 0.717) is 24.1 Å². The van der Waals surface area contributed by atoms with Crippen LogP contribution >= 0.6 is 0 Å². The number of aromatic amines is 1. The third-order valence-corrected chi connectivity index (χ3v) is 7.26. The number of nitrogens with zero attached hydrogens (tertiary/aromatic N) is 4. The van der Waals surface area contributed by atoms with E-state index in [1.165, 1.54) is 18.9 Å². The smallest absolute Gasteiger partial charge is 0.399 e. The van der Waals surface area contributed by atoms with E-state index in [4.69, 9.17) is 10.8 Å². The molecule has 2 fully saturated rings. The van der Waals surface area contributed by atoms with Gasteiger partial charge in [0.05, 0.1) is 17.3 Å². The topological polar surface area (TPSA) is 75.8 Å². The molecule has 172 valence electrons. The van der Waals surface area contributed by atoms with Crippen molar-refractivity contribution < 1.29 is 13.2 Å². The van der Waals surface area contributed by atoms with Gasteiger partial charge >= 0.3 is 6.18 Å². The van der Waals surface area contributed by atoms with Crippen LogP contribution in [0.1, 0.15) is 61.8 Å². The second-order valence-corrected chi connectivity index (χ2v) is 9.49. The monoisotopic (exact) mass is 446 g/mol. The Kier molecular flexibility index (Phi) is 5.00. The van der Waals surface area contributed by atoms with Gasteiger partial charge in [0.25, 0.3) is 0 Å². The Morgan fingerprint density at radius 1 is 1.41 bits per heavy atom. The second-order valence-electron chi connectivity index (χ2n) is 9.49. The zero-order valence-electron chi connectivity index (χ0n) is 18.2. The largest absolute Gasteiger partial charge is 0.418 e. The van der Waals surface area contributed by atoms with Crippen molar-refractivity contribution in [2.75, 3.05) is 13.1 Å². The first-order chi connectivity index (χ1) is 15.2. The summed E-state index contributed by atoms with van der Waals surface area (Å²) in [5.74, 6) is 1.23. The highest BCUT2D eigenvalue weighted by Crippen LogP contribution is 2.51. The average molecular weight is 447 g/mol. The molecule has 3 aliphatic rings. The van der Waals surface area contributed by atoms with Gasteiger partial charge < -0.3 is 10.7 Å². The van der Waals surface area contributed by atoms with Crippen LogP contribution in [0.2, 0.25) is 0 Å². The molecule has 1 aliphatic carbocycles. The van der Waals surface area contributed by atoms with Crippen molar-refractivity contribution in [3.05, 3.63) is 59.6 Å². The maximum atomic E-state index is 13.4. The maximum absolute atomic E-state index is 13.4. The number of aromatic nitrogens is 4. The molecule has 2 atom stereocenters.